The Balaban J connectivity index is 2.55. The number of aliphatic hydroxyl groups excluding tert-OH is 1. The number of β-amino-alcohol motifs (C(OH)–C–C–N with tert-alkyl or cyclic N) is 1. The van der Waals surface area contributed by atoms with Crippen molar-refractivity contribution in [3.05, 3.63) is 0 Å². The van der Waals surface area contributed by atoms with E-state index < -0.39 is 11.7 Å². The Morgan fingerprint density at radius 3 is 2.31 bits per heavy atom. The number of nitrogens with zero attached hydrogens (tertiary/aromatic N) is 1. The molecule has 0 bridgehead atoms. The van der Waals surface area contributed by atoms with Gasteiger partial charge in [-0.15, -0.1) is 0 Å². The van der Waals surface area contributed by atoms with Gasteiger partial charge in [0.25, 0.3) is 0 Å². The predicted octanol–water partition coefficient (Wildman–Crippen LogP) is 1.87. The van der Waals surface area contributed by atoms with Gasteiger partial charge in [-0.05, 0) is 26.7 Å². The van der Waals surface area contributed by atoms with Crippen molar-refractivity contribution in [2.75, 3.05) is 13.1 Å². The van der Waals surface area contributed by atoms with Crippen molar-refractivity contribution in [3.63, 3.8) is 0 Å². The first kappa shape index (κ1) is 13.3. The molecule has 0 spiro atoms. The van der Waals surface area contributed by atoms with Crippen LogP contribution >= 0.6 is 0 Å². The fourth-order valence-electron chi connectivity index (χ4n) is 1.94. The van der Waals surface area contributed by atoms with E-state index in [0.717, 1.165) is 0 Å². The summed E-state index contributed by atoms with van der Waals surface area (Å²) >= 11 is 0. The van der Waals surface area contributed by atoms with Gasteiger partial charge in [0.05, 0.1) is 12.6 Å². The number of ether oxygens (including phenoxy) is 1. The number of amides is 1. The molecule has 4 heteroatoms. The molecule has 0 radical (unpaired) electrons. The molecule has 16 heavy (non-hydrogen) atoms. The Morgan fingerprint density at radius 2 is 1.94 bits per heavy atom. The fraction of sp³-hybridized carbons (Fsp3) is 0.917. The first-order valence-electron chi connectivity index (χ1n) is 5.86. The summed E-state index contributed by atoms with van der Waals surface area (Å²) in [6, 6.07) is 0. The molecule has 1 aliphatic rings. The van der Waals surface area contributed by atoms with Crippen LogP contribution in [0.25, 0.3) is 0 Å². The minimum absolute atomic E-state index is 0.160. The van der Waals surface area contributed by atoms with Crippen molar-refractivity contribution < 1.29 is 14.6 Å². The molecule has 0 unspecified atom stereocenters. The van der Waals surface area contributed by atoms with Crippen molar-refractivity contribution in [1.82, 2.24) is 4.90 Å². The van der Waals surface area contributed by atoms with Gasteiger partial charge in [-0.2, -0.15) is 0 Å². The van der Waals surface area contributed by atoms with Crippen LogP contribution in [-0.2, 0) is 4.74 Å². The average Bonchev–Trinajstić information content (AvgIpc) is 2.44. The molecule has 1 fully saturated rings. The monoisotopic (exact) mass is 229 g/mol. The summed E-state index contributed by atoms with van der Waals surface area (Å²) < 4.78 is 5.27. The van der Waals surface area contributed by atoms with E-state index in [1.54, 1.807) is 4.90 Å². The molecule has 1 heterocycles. The highest BCUT2D eigenvalue weighted by molar-refractivity contribution is 5.68. The highest BCUT2D eigenvalue weighted by Crippen LogP contribution is 2.25. The number of rotatable bonds is 1. The molecule has 1 saturated heterocycles. The van der Waals surface area contributed by atoms with Crippen LogP contribution in [0.4, 0.5) is 4.79 Å². The Morgan fingerprint density at radius 1 is 1.38 bits per heavy atom. The number of likely N-dealkylation sites (tertiary alicyclic amines) is 1. The van der Waals surface area contributed by atoms with Crippen LogP contribution in [0.2, 0.25) is 0 Å². The maximum atomic E-state index is 11.8. The van der Waals surface area contributed by atoms with E-state index in [4.69, 9.17) is 4.74 Å². The molecule has 0 aromatic rings. The average molecular weight is 229 g/mol. The standard InChI is InChI=1S/C12H23NO3/c1-8(2)9-6-13(7-10(9)14)11(15)16-12(3,4)5/h8-10,14H,6-7H2,1-5H3/t9-,10-/m0/s1. The second-order valence-electron chi connectivity index (χ2n) is 5.86. The molecule has 0 aromatic carbocycles. The molecule has 1 rings (SSSR count). The van der Waals surface area contributed by atoms with Crippen LogP contribution in [-0.4, -0.2) is 40.9 Å². The lowest BCUT2D eigenvalue weighted by atomic mass is 9.93. The second-order valence-corrected chi connectivity index (χ2v) is 5.86. The molecule has 4 nitrogen and oxygen atoms in total. The SMILES string of the molecule is CC(C)[C@@H]1CN(C(=O)OC(C)(C)C)C[C@@H]1O. The van der Waals surface area contributed by atoms with Crippen molar-refractivity contribution in [2.45, 2.75) is 46.3 Å². The molecule has 0 saturated carbocycles. The summed E-state index contributed by atoms with van der Waals surface area (Å²) in [6.07, 6.45) is -0.748. The minimum Gasteiger partial charge on any atom is -0.444 e. The number of aliphatic hydroxyl groups is 1. The molecule has 2 atom stereocenters. The number of carbonyl (C=O) groups excluding carboxylic acids is 1. The van der Waals surface area contributed by atoms with E-state index in [0.29, 0.717) is 19.0 Å². The molecule has 0 aliphatic carbocycles. The molecule has 1 N–H and O–H groups in total. The maximum absolute atomic E-state index is 11.8. The fourth-order valence-corrected chi connectivity index (χ4v) is 1.94. The second kappa shape index (κ2) is 4.62. The van der Waals surface area contributed by atoms with Crippen molar-refractivity contribution in [2.24, 2.45) is 11.8 Å². The Bertz CT molecular complexity index is 257. The van der Waals surface area contributed by atoms with Gasteiger partial charge in [0.2, 0.25) is 0 Å². The first-order chi connectivity index (χ1) is 7.20. The van der Waals surface area contributed by atoms with Crippen LogP contribution in [0, 0.1) is 11.8 Å². The normalized spacial score (nSPS) is 26.3. The lowest BCUT2D eigenvalue weighted by Gasteiger charge is -2.24. The Hall–Kier alpha value is -0.770. The summed E-state index contributed by atoms with van der Waals surface area (Å²) in [5.41, 5.74) is -0.474. The summed E-state index contributed by atoms with van der Waals surface area (Å²) in [4.78, 5) is 13.4. The summed E-state index contributed by atoms with van der Waals surface area (Å²) in [7, 11) is 0. The lowest BCUT2D eigenvalue weighted by molar-refractivity contribution is 0.0269. The van der Waals surface area contributed by atoms with Gasteiger partial charge in [-0.25, -0.2) is 4.79 Å². The van der Waals surface area contributed by atoms with E-state index in [1.807, 2.05) is 20.8 Å². The molecular weight excluding hydrogens is 206 g/mol. The Labute approximate surface area is 97.6 Å². The zero-order chi connectivity index (χ0) is 12.5. The van der Waals surface area contributed by atoms with Gasteiger partial charge in [0.15, 0.2) is 0 Å². The molecular formula is C12H23NO3. The topological polar surface area (TPSA) is 49.8 Å². The number of hydrogen-bond acceptors (Lipinski definition) is 3. The zero-order valence-electron chi connectivity index (χ0n) is 10.9. The van der Waals surface area contributed by atoms with E-state index in [1.165, 1.54) is 0 Å². The molecule has 94 valence electrons. The van der Waals surface area contributed by atoms with Crippen molar-refractivity contribution >= 4 is 6.09 Å². The van der Waals surface area contributed by atoms with Crippen LogP contribution in [0.15, 0.2) is 0 Å². The highest BCUT2D eigenvalue weighted by atomic mass is 16.6. The van der Waals surface area contributed by atoms with E-state index in [-0.39, 0.29) is 12.0 Å². The van der Waals surface area contributed by atoms with Crippen molar-refractivity contribution in [3.8, 4) is 0 Å². The summed E-state index contributed by atoms with van der Waals surface area (Å²) in [6.45, 7) is 10.6. The third kappa shape index (κ3) is 3.37. The maximum Gasteiger partial charge on any atom is 0.410 e. The summed E-state index contributed by atoms with van der Waals surface area (Å²) in [5, 5.41) is 9.83. The quantitative estimate of drug-likeness (QED) is 0.746. The number of hydrogen-bond donors (Lipinski definition) is 1. The van der Waals surface area contributed by atoms with Crippen LogP contribution in [0.1, 0.15) is 34.6 Å². The van der Waals surface area contributed by atoms with Crippen LogP contribution in [0.5, 0.6) is 0 Å². The lowest BCUT2D eigenvalue weighted by Crippen LogP contribution is -2.36. The van der Waals surface area contributed by atoms with Crippen LogP contribution < -0.4 is 0 Å². The third-order valence-electron chi connectivity index (χ3n) is 2.84. The largest absolute Gasteiger partial charge is 0.444 e. The predicted molar refractivity (Wildman–Crippen MR) is 62.1 cm³/mol. The van der Waals surface area contributed by atoms with Gasteiger partial charge >= 0.3 is 6.09 Å². The minimum atomic E-state index is -0.474. The molecule has 0 aromatic heterocycles. The van der Waals surface area contributed by atoms with E-state index in [2.05, 4.69) is 13.8 Å². The van der Waals surface area contributed by atoms with Crippen LogP contribution in [0.3, 0.4) is 0 Å². The number of carbonyl (C=O) groups is 1. The first-order valence-corrected chi connectivity index (χ1v) is 5.86. The highest BCUT2D eigenvalue weighted by Gasteiger charge is 2.37. The van der Waals surface area contributed by atoms with Gasteiger partial charge in [0, 0.05) is 12.5 Å². The zero-order valence-corrected chi connectivity index (χ0v) is 10.9. The van der Waals surface area contributed by atoms with Gasteiger partial charge in [-0.1, -0.05) is 13.8 Å². The molecule has 1 aliphatic heterocycles. The summed E-state index contributed by atoms with van der Waals surface area (Å²) in [5.74, 6) is 0.537. The van der Waals surface area contributed by atoms with E-state index >= 15 is 0 Å². The van der Waals surface area contributed by atoms with Gasteiger partial charge in [0.1, 0.15) is 5.60 Å². The Kier molecular flexibility index (Phi) is 3.84. The smallest absolute Gasteiger partial charge is 0.410 e. The third-order valence-corrected chi connectivity index (χ3v) is 2.84. The molecule has 1 amide bonds. The van der Waals surface area contributed by atoms with Crippen molar-refractivity contribution in [1.29, 1.82) is 0 Å². The van der Waals surface area contributed by atoms with Gasteiger partial charge in [-0.3, -0.25) is 0 Å². The van der Waals surface area contributed by atoms with Gasteiger partial charge < -0.3 is 14.7 Å². The van der Waals surface area contributed by atoms with E-state index in [9.17, 15) is 9.90 Å².